The maximum absolute atomic E-state index is 12.2. The summed E-state index contributed by atoms with van der Waals surface area (Å²) in [4.78, 5) is 0.243. The van der Waals surface area contributed by atoms with Crippen LogP contribution in [0.5, 0.6) is 11.5 Å². The van der Waals surface area contributed by atoms with Crippen molar-refractivity contribution in [3.63, 3.8) is 0 Å². The Morgan fingerprint density at radius 3 is 2.18 bits per heavy atom. The second-order valence-electron chi connectivity index (χ2n) is 4.42. The molecule has 22 heavy (non-hydrogen) atoms. The zero-order valence-electron chi connectivity index (χ0n) is 12.1. The molecule has 0 radical (unpaired) electrons. The summed E-state index contributed by atoms with van der Waals surface area (Å²) in [6.07, 6.45) is 1.53. The number of sulfone groups is 1. The minimum absolute atomic E-state index is 0.243. The van der Waals surface area contributed by atoms with Gasteiger partial charge in [0.15, 0.2) is 21.3 Å². The molecule has 0 aromatic heterocycles. The van der Waals surface area contributed by atoms with E-state index in [0.29, 0.717) is 17.1 Å². The van der Waals surface area contributed by atoms with Gasteiger partial charge in [-0.2, -0.15) is 0 Å². The van der Waals surface area contributed by atoms with Crippen molar-refractivity contribution in [2.75, 3.05) is 14.2 Å². The van der Waals surface area contributed by atoms with Crippen LogP contribution in [0.25, 0.3) is 6.08 Å². The predicted octanol–water partition coefficient (Wildman–Crippen LogP) is 3.91. The molecule has 2 aromatic rings. The second-order valence-corrected chi connectivity index (χ2v) is 7.17. The summed E-state index contributed by atoms with van der Waals surface area (Å²) in [6, 6.07) is 11.7. The molecule has 0 amide bonds. The summed E-state index contributed by atoms with van der Waals surface area (Å²) in [5.41, 5.74) is 0.707. The highest BCUT2D eigenvalue weighted by molar-refractivity contribution is 9.10. The average Bonchev–Trinajstić information content (AvgIpc) is 2.53. The van der Waals surface area contributed by atoms with Crippen molar-refractivity contribution in [2.45, 2.75) is 4.90 Å². The number of methoxy groups -OCH3 is 2. The van der Waals surface area contributed by atoms with Crippen LogP contribution < -0.4 is 9.47 Å². The zero-order chi connectivity index (χ0) is 16.2. The first-order chi connectivity index (χ1) is 10.5. The molecule has 2 aromatic carbocycles. The maximum Gasteiger partial charge on any atom is 0.199 e. The van der Waals surface area contributed by atoms with Crippen LogP contribution in [0, 0.1) is 0 Å². The third-order valence-electron chi connectivity index (χ3n) is 2.99. The third-order valence-corrected chi connectivity index (χ3v) is 4.94. The fourth-order valence-electron chi connectivity index (χ4n) is 1.83. The fourth-order valence-corrected chi connectivity index (χ4v) is 3.10. The van der Waals surface area contributed by atoms with Gasteiger partial charge in [0, 0.05) is 9.88 Å². The monoisotopic (exact) mass is 382 g/mol. The van der Waals surface area contributed by atoms with E-state index in [9.17, 15) is 8.42 Å². The van der Waals surface area contributed by atoms with E-state index in [1.807, 2.05) is 0 Å². The first-order valence-electron chi connectivity index (χ1n) is 6.37. The number of hydrogen-bond donors (Lipinski definition) is 0. The predicted molar refractivity (Wildman–Crippen MR) is 89.9 cm³/mol. The summed E-state index contributed by atoms with van der Waals surface area (Å²) in [6.45, 7) is 0. The molecule has 0 heterocycles. The number of ether oxygens (including phenoxy) is 2. The quantitative estimate of drug-likeness (QED) is 0.786. The Morgan fingerprint density at radius 2 is 1.59 bits per heavy atom. The molecule has 116 valence electrons. The Labute approximate surface area is 138 Å². The van der Waals surface area contributed by atoms with E-state index in [1.165, 1.54) is 18.6 Å². The largest absolute Gasteiger partial charge is 0.493 e. The second kappa shape index (κ2) is 6.98. The van der Waals surface area contributed by atoms with Crippen molar-refractivity contribution in [2.24, 2.45) is 0 Å². The summed E-state index contributed by atoms with van der Waals surface area (Å²) < 4.78 is 35.6. The smallest absolute Gasteiger partial charge is 0.199 e. The summed E-state index contributed by atoms with van der Waals surface area (Å²) in [5, 5.41) is 1.18. The Hall–Kier alpha value is -1.79. The van der Waals surface area contributed by atoms with E-state index < -0.39 is 9.84 Å². The average molecular weight is 383 g/mol. The van der Waals surface area contributed by atoms with E-state index in [-0.39, 0.29) is 4.90 Å². The van der Waals surface area contributed by atoms with Crippen LogP contribution in [0.4, 0.5) is 0 Å². The van der Waals surface area contributed by atoms with Crippen LogP contribution in [0.3, 0.4) is 0 Å². The highest BCUT2D eigenvalue weighted by Gasteiger charge is 2.10. The van der Waals surface area contributed by atoms with E-state index in [4.69, 9.17) is 9.47 Å². The molecule has 0 atom stereocenters. The molecular formula is C16H15BrO4S. The lowest BCUT2D eigenvalue weighted by molar-refractivity contribution is 0.355. The molecule has 4 nitrogen and oxygen atoms in total. The van der Waals surface area contributed by atoms with Gasteiger partial charge in [0.1, 0.15) is 0 Å². The van der Waals surface area contributed by atoms with Crippen LogP contribution in [0.1, 0.15) is 5.56 Å². The van der Waals surface area contributed by atoms with Crippen molar-refractivity contribution < 1.29 is 17.9 Å². The van der Waals surface area contributed by atoms with Crippen LogP contribution in [-0.2, 0) is 9.84 Å². The minimum Gasteiger partial charge on any atom is -0.493 e. The topological polar surface area (TPSA) is 52.6 Å². The third kappa shape index (κ3) is 3.90. The van der Waals surface area contributed by atoms with E-state index >= 15 is 0 Å². The van der Waals surface area contributed by atoms with Gasteiger partial charge in [0.05, 0.1) is 19.1 Å². The van der Waals surface area contributed by atoms with Crippen LogP contribution in [-0.4, -0.2) is 22.6 Å². The molecule has 0 aliphatic rings. The molecule has 0 spiro atoms. The SMILES string of the molecule is COc1ccc(/C=C/S(=O)(=O)c2ccc(Br)cc2)cc1OC. The molecule has 0 unspecified atom stereocenters. The lowest BCUT2D eigenvalue weighted by Crippen LogP contribution is -1.95. The van der Waals surface area contributed by atoms with Crippen molar-refractivity contribution in [1.82, 2.24) is 0 Å². The van der Waals surface area contributed by atoms with Crippen LogP contribution >= 0.6 is 15.9 Å². The van der Waals surface area contributed by atoms with Crippen LogP contribution in [0.15, 0.2) is 57.2 Å². The van der Waals surface area contributed by atoms with Crippen molar-refractivity contribution in [3.8, 4) is 11.5 Å². The lowest BCUT2D eigenvalue weighted by Gasteiger charge is -2.07. The van der Waals surface area contributed by atoms with Gasteiger partial charge in [-0.15, -0.1) is 0 Å². The van der Waals surface area contributed by atoms with Gasteiger partial charge < -0.3 is 9.47 Å². The highest BCUT2D eigenvalue weighted by Crippen LogP contribution is 2.28. The molecule has 0 N–H and O–H groups in total. The number of hydrogen-bond acceptors (Lipinski definition) is 4. The maximum atomic E-state index is 12.2. The molecule has 0 saturated heterocycles. The van der Waals surface area contributed by atoms with Gasteiger partial charge in [-0.25, -0.2) is 8.42 Å². The Balaban J connectivity index is 2.29. The Morgan fingerprint density at radius 1 is 0.955 bits per heavy atom. The molecule has 0 bridgehead atoms. The normalized spacial score (nSPS) is 11.6. The zero-order valence-corrected chi connectivity index (χ0v) is 14.5. The van der Waals surface area contributed by atoms with Gasteiger partial charge in [0.25, 0.3) is 0 Å². The molecule has 0 fully saturated rings. The van der Waals surface area contributed by atoms with E-state index in [0.717, 1.165) is 4.47 Å². The van der Waals surface area contributed by atoms with Crippen molar-refractivity contribution in [1.29, 1.82) is 0 Å². The summed E-state index contributed by atoms with van der Waals surface area (Å²) in [5.74, 6) is 1.14. The Bertz CT molecular complexity index is 780. The van der Waals surface area contributed by atoms with Gasteiger partial charge in [-0.05, 0) is 48.0 Å². The lowest BCUT2D eigenvalue weighted by atomic mass is 10.2. The fraction of sp³-hybridized carbons (Fsp3) is 0.125. The Kier molecular flexibility index (Phi) is 5.26. The molecule has 0 saturated carbocycles. The van der Waals surface area contributed by atoms with Crippen molar-refractivity contribution >= 4 is 31.8 Å². The molecule has 0 aliphatic carbocycles. The summed E-state index contributed by atoms with van der Waals surface area (Å²) >= 11 is 3.28. The highest BCUT2D eigenvalue weighted by atomic mass is 79.9. The standard InChI is InChI=1S/C16H15BrO4S/c1-20-15-8-3-12(11-16(15)21-2)9-10-22(18,19)14-6-4-13(17)5-7-14/h3-11H,1-2H3/b10-9+. The molecule has 6 heteroatoms. The number of benzene rings is 2. The molecular weight excluding hydrogens is 368 g/mol. The first kappa shape index (κ1) is 16.6. The van der Waals surface area contributed by atoms with Gasteiger partial charge in [0.2, 0.25) is 0 Å². The van der Waals surface area contributed by atoms with E-state index in [2.05, 4.69) is 15.9 Å². The summed E-state index contributed by atoms with van der Waals surface area (Å²) in [7, 11) is -0.405. The first-order valence-corrected chi connectivity index (χ1v) is 8.71. The number of rotatable bonds is 5. The molecule has 0 aliphatic heterocycles. The van der Waals surface area contributed by atoms with Crippen molar-refractivity contribution in [3.05, 3.63) is 57.9 Å². The van der Waals surface area contributed by atoms with Gasteiger partial charge >= 0.3 is 0 Å². The van der Waals surface area contributed by atoms with E-state index in [1.54, 1.807) is 49.6 Å². The molecule has 2 rings (SSSR count). The van der Waals surface area contributed by atoms with Crippen LogP contribution in [0.2, 0.25) is 0 Å². The van der Waals surface area contributed by atoms with Gasteiger partial charge in [-0.3, -0.25) is 0 Å². The van der Waals surface area contributed by atoms with Gasteiger partial charge in [-0.1, -0.05) is 22.0 Å². The minimum atomic E-state index is -3.48. The number of halogens is 1.